The molecule has 0 amide bonds. The zero-order valence-electron chi connectivity index (χ0n) is 29.2. The van der Waals surface area contributed by atoms with Crippen molar-refractivity contribution in [2.75, 3.05) is 49.2 Å². The molecule has 0 unspecified atom stereocenters. The van der Waals surface area contributed by atoms with E-state index in [1.807, 2.05) is 38.1 Å². The molecule has 0 bridgehead atoms. The van der Waals surface area contributed by atoms with E-state index in [2.05, 4.69) is 73.9 Å². The highest BCUT2D eigenvalue weighted by Crippen LogP contribution is 2.53. The minimum Gasteiger partial charge on any atom is -0.493 e. The zero-order valence-corrected chi connectivity index (χ0v) is 29.2. The first kappa shape index (κ1) is 35.2. The van der Waals surface area contributed by atoms with Crippen molar-refractivity contribution in [2.45, 2.75) is 98.5 Å². The molecule has 0 spiro atoms. The van der Waals surface area contributed by atoms with Gasteiger partial charge < -0.3 is 24.0 Å². The van der Waals surface area contributed by atoms with Crippen LogP contribution in [-0.4, -0.2) is 45.4 Å². The smallest absolute Gasteiger partial charge is 0.340 e. The molecule has 6 nitrogen and oxygen atoms in total. The van der Waals surface area contributed by atoms with Crippen molar-refractivity contribution < 1.29 is 19.0 Å². The summed E-state index contributed by atoms with van der Waals surface area (Å²) in [5.41, 5.74) is 4.03. The Balaban J connectivity index is 1.95. The van der Waals surface area contributed by atoms with Gasteiger partial charge in [-0.1, -0.05) is 71.6 Å². The Bertz CT molecular complexity index is 1310. The van der Waals surface area contributed by atoms with Gasteiger partial charge in [-0.2, -0.15) is 0 Å². The summed E-state index contributed by atoms with van der Waals surface area (Å²) in [6.45, 7) is 17.9. The van der Waals surface area contributed by atoms with E-state index in [0.717, 1.165) is 117 Å². The number of carbonyl (C=O) groups excluding carboxylic acids is 1. The SMILES string of the molecule is CCCCN(CCCC)c1ccc(C2(c3ccc(N(CCCC)CCCC)cc3OCC)OC(=O)c3ccccc32)c(OCC)c1. The van der Waals surface area contributed by atoms with Crippen LogP contribution in [0, 0.1) is 0 Å². The highest BCUT2D eigenvalue weighted by Gasteiger charge is 2.51. The maximum absolute atomic E-state index is 13.7. The summed E-state index contributed by atoms with van der Waals surface area (Å²) in [7, 11) is 0. The summed E-state index contributed by atoms with van der Waals surface area (Å²) < 4.78 is 19.5. The number of fused-ring (bicyclic) bond motifs is 1. The largest absolute Gasteiger partial charge is 0.493 e. The van der Waals surface area contributed by atoms with Crippen molar-refractivity contribution in [2.24, 2.45) is 0 Å². The van der Waals surface area contributed by atoms with Crippen molar-refractivity contribution in [3.8, 4) is 11.5 Å². The Morgan fingerprint density at radius 1 is 0.587 bits per heavy atom. The van der Waals surface area contributed by atoms with Crippen molar-refractivity contribution >= 4 is 17.3 Å². The second kappa shape index (κ2) is 17.3. The molecule has 6 heteroatoms. The lowest BCUT2D eigenvalue weighted by atomic mass is 9.78. The zero-order chi connectivity index (χ0) is 32.9. The van der Waals surface area contributed by atoms with Gasteiger partial charge in [-0.25, -0.2) is 4.79 Å². The lowest BCUT2D eigenvalue weighted by Gasteiger charge is -2.34. The highest BCUT2D eigenvalue weighted by atomic mass is 16.6. The fraction of sp³-hybridized carbons (Fsp3) is 0.525. The number of hydrogen-bond acceptors (Lipinski definition) is 6. The Labute approximate surface area is 278 Å². The Kier molecular flexibility index (Phi) is 13.2. The van der Waals surface area contributed by atoms with Crippen LogP contribution in [0.5, 0.6) is 11.5 Å². The second-order valence-electron chi connectivity index (χ2n) is 12.2. The van der Waals surface area contributed by atoms with Gasteiger partial charge in [0.2, 0.25) is 0 Å². The van der Waals surface area contributed by atoms with E-state index in [4.69, 9.17) is 14.2 Å². The van der Waals surface area contributed by atoms with Crippen molar-refractivity contribution in [1.29, 1.82) is 0 Å². The quantitative estimate of drug-likeness (QED) is 0.116. The number of benzene rings is 3. The second-order valence-corrected chi connectivity index (χ2v) is 12.2. The number of anilines is 2. The van der Waals surface area contributed by atoms with Crippen LogP contribution >= 0.6 is 0 Å². The van der Waals surface area contributed by atoms with Crippen LogP contribution in [0.1, 0.15) is 120 Å². The van der Waals surface area contributed by atoms with Gasteiger partial charge in [-0.05, 0) is 69.9 Å². The summed E-state index contributed by atoms with van der Waals surface area (Å²) in [6.07, 6.45) is 9.06. The summed E-state index contributed by atoms with van der Waals surface area (Å²) >= 11 is 0. The molecule has 3 aromatic carbocycles. The summed E-state index contributed by atoms with van der Waals surface area (Å²) in [6, 6.07) is 20.6. The molecule has 46 heavy (non-hydrogen) atoms. The van der Waals surface area contributed by atoms with Crippen molar-refractivity contribution in [3.63, 3.8) is 0 Å². The molecule has 0 fully saturated rings. The number of rotatable bonds is 20. The van der Waals surface area contributed by atoms with E-state index in [9.17, 15) is 4.79 Å². The molecule has 1 aliphatic heterocycles. The van der Waals surface area contributed by atoms with Crippen LogP contribution in [0.3, 0.4) is 0 Å². The van der Waals surface area contributed by atoms with E-state index < -0.39 is 5.60 Å². The van der Waals surface area contributed by atoms with Gasteiger partial charge in [-0.3, -0.25) is 0 Å². The van der Waals surface area contributed by atoms with Crippen LogP contribution in [0.2, 0.25) is 0 Å². The van der Waals surface area contributed by atoms with E-state index in [-0.39, 0.29) is 5.97 Å². The average Bonchev–Trinajstić information content (AvgIpc) is 3.37. The first-order valence-corrected chi connectivity index (χ1v) is 17.9. The van der Waals surface area contributed by atoms with Gasteiger partial charge in [0.15, 0.2) is 5.60 Å². The van der Waals surface area contributed by atoms with Gasteiger partial charge in [0, 0.05) is 66.4 Å². The van der Waals surface area contributed by atoms with Crippen LogP contribution in [0.25, 0.3) is 0 Å². The third kappa shape index (κ3) is 7.65. The number of cyclic esters (lactones) is 1. The summed E-state index contributed by atoms with van der Waals surface area (Å²) in [4.78, 5) is 18.6. The number of unbranched alkanes of at least 4 members (excludes halogenated alkanes) is 4. The third-order valence-corrected chi connectivity index (χ3v) is 8.92. The van der Waals surface area contributed by atoms with Crippen LogP contribution in [-0.2, 0) is 10.3 Å². The minimum atomic E-state index is -1.23. The fourth-order valence-corrected chi connectivity index (χ4v) is 6.45. The Hall–Kier alpha value is -3.67. The average molecular weight is 629 g/mol. The fourth-order valence-electron chi connectivity index (χ4n) is 6.45. The maximum Gasteiger partial charge on any atom is 0.340 e. The molecule has 0 saturated carbocycles. The predicted molar refractivity (Wildman–Crippen MR) is 191 cm³/mol. The van der Waals surface area contributed by atoms with Gasteiger partial charge >= 0.3 is 5.97 Å². The monoisotopic (exact) mass is 628 g/mol. The molecule has 0 N–H and O–H groups in total. The minimum absolute atomic E-state index is 0.339. The molecule has 4 rings (SSSR count). The van der Waals surface area contributed by atoms with Crippen molar-refractivity contribution in [1.82, 2.24) is 0 Å². The van der Waals surface area contributed by atoms with Gasteiger partial charge in [0.05, 0.1) is 18.8 Å². The third-order valence-electron chi connectivity index (χ3n) is 8.92. The number of carbonyl (C=O) groups is 1. The first-order chi connectivity index (χ1) is 22.5. The molecule has 0 atom stereocenters. The molecule has 250 valence electrons. The van der Waals surface area contributed by atoms with Crippen LogP contribution in [0.4, 0.5) is 11.4 Å². The molecule has 0 saturated heterocycles. The van der Waals surface area contributed by atoms with E-state index >= 15 is 0 Å². The maximum atomic E-state index is 13.7. The number of esters is 1. The lowest BCUT2D eigenvalue weighted by Crippen LogP contribution is -2.32. The molecule has 1 aliphatic rings. The number of hydrogen-bond donors (Lipinski definition) is 0. The summed E-state index contributed by atoms with van der Waals surface area (Å²) in [5, 5.41) is 0. The van der Waals surface area contributed by atoms with Gasteiger partial charge in [-0.15, -0.1) is 0 Å². The normalized spacial score (nSPS) is 13.3. The summed E-state index contributed by atoms with van der Waals surface area (Å²) in [5.74, 6) is 1.11. The topological polar surface area (TPSA) is 51.2 Å². The van der Waals surface area contributed by atoms with Crippen LogP contribution < -0.4 is 19.3 Å². The lowest BCUT2D eigenvalue weighted by molar-refractivity contribution is 0.0236. The molecule has 3 aromatic rings. The van der Waals surface area contributed by atoms with Crippen LogP contribution in [0.15, 0.2) is 60.7 Å². The molecule has 1 heterocycles. The molecule has 0 radical (unpaired) electrons. The van der Waals surface area contributed by atoms with Crippen molar-refractivity contribution in [3.05, 3.63) is 82.9 Å². The van der Waals surface area contributed by atoms with E-state index in [1.165, 1.54) is 0 Å². The molecular weight excluding hydrogens is 572 g/mol. The highest BCUT2D eigenvalue weighted by molar-refractivity contribution is 5.96. The van der Waals surface area contributed by atoms with Gasteiger partial charge in [0.1, 0.15) is 11.5 Å². The Morgan fingerprint density at radius 2 is 1.02 bits per heavy atom. The molecule has 0 aliphatic carbocycles. The molecule has 0 aromatic heterocycles. The standard InChI is InChI=1S/C40H56N2O4/c1-7-13-25-41(26-14-8-2)31-21-23-35(37(29-31)44-11-5)40(34-20-18-17-19-33(34)39(43)46-40)36-24-22-32(30-38(36)45-12-6)42(27-15-9-3)28-16-10-4/h17-24,29-30H,7-16,25-28H2,1-6H3. The van der Waals surface area contributed by atoms with E-state index in [1.54, 1.807) is 0 Å². The van der Waals surface area contributed by atoms with Gasteiger partial charge in [0.25, 0.3) is 0 Å². The predicted octanol–water partition coefficient (Wildman–Crippen LogP) is 9.76. The first-order valence-electron chi connectivity index (χ1n) is 17.9. The van der Waals surface area contributed by atoms with E-state index in [0.29, 0.717) is 18.8 Å². The number of nitrogens with zero attached hydrogens (tertiary/aromatic N) is 2. The number of ether oxygens (including phenoxy) is 3. The molecular formula is C40H56N2O4. The Morgan fingerprint density at radius 3 is 1.43 bits per heavy atom.